The molecular formula is C30H27ClFN5O2S2. The van der Waals surface area contributed by atoms with Gasteiger partial charge in [0.15, 0.2) is 5.16 Å². The molecule has 11 heteroatoms. The third-order valence-electron chi connectivity index (χ3n) is 6.38. The van der Waals surface area contributed by atoms with Crippen molar-refractivity contribution in [2.24, 2.45) is 7.05 Å². The molecule has 210 valence electrons. The zero-order chi connectivity index (χ0) is 28.9. The molecule has 0 fully saturated rings. The van der Waals surface area contributed by atoms with Crippen LogP contribution in [0.5, 0.6) is 0 Å². The average molecular weight is 608 g/mol. The summed E-state index contributed by atoms with van der Waals surface area (Å²) in [6, 6.07) is 17.9. The summed E-state index contributed by atoms with van der Waals surface area (Å²) in [5.41, 5.74) is 2.96. The summed E-state index contributed by atoms with van der Waals surface area (Å²) in [6.45, 7) is 0.469. The molecule has 3 aromatic heterocycles. The van der Waals surface area contributed by atoms with Crippen molar-refractivity contribution in [1.82, 2.24) is 24.2 Å². The van der Waals surface area contributed by atoms with Crippen LogP contribution < -0.4 is 5.56 Å². The number of aryl methyl sites for hydroxylation is 1. The number of hydrogen-bond acceptors (Lipinski definition) is 6. The summed E-state index contributed by atoms with van der Waals surface area (Å²) < 4.78 is 16.8. The Hall–Kier alpha value is -3.73. The number of benzene rings is 2. The van der Waals surface area contributed by atoms with Gasteiger partial charge in [0.1, 0.15) is 12.4 Å². The molecule has 0 aliphatic carbocycles. The van der Waals surface area contributed by atoms with Crippen molar-refractivity contribution >= 4 is 40.6 Å². The molecule has 0 unspecified atom stereocenters. The fourth-order valence-electron chi connectivity index (χ4n) is 4.20. The Bertz CT molecular complexity index is 1710. The highest BCUT2D eigenvalue weighted by Gasteiger charge is 2.17. The van der Waals surface area contributed by atoms with Crippen LogP contribution in [0.15, 0.2) is 89.2 Å². The summed E-state index contributed by atoms with van der Waals surface area (Å²) in [6.07, 6.45) is 5.62. The number of aromatic nitrogens is 4. The normalized spacial score (nSPS) is 11.1. The molecule has 7 nitrogen and oxygen atoms in total. The monoisotopic (exact) mass is 607 g/mol. The second kappa shape index (κ2) is 12.8. The first-order valence-electron chi connectivity index (χ1n) is 12.8. The molecule has 0 atom stereocenters. The predicted octanol–water partition coefficient (Wildman–Crippen LogP) is 6.04. The van der Waals surface area contributed by atoms with Crippen LogP contribution in [0.4, 0.5) is 4.39 Å². The van der Waals surface area contributed by atoms with Crippen molar-refractivity contribution in [2.45, 2.75) is 30.4 Å². The molecule has 1 amide bonds. The number of carbonyl (C=O) groups is 1. The fourth-order valence-corrected chi connectivity index (χ4v) is 6.31. The third kappa shape index (κ3) is 7.52. The Labute approximate surface area is 250 Å². The minimum atomic E-state index is -0.346. The number of halogens is 2. The van der Waals surface area contributed by atoms with Crippen molar-refractivity contribution in [3.05, 3.63) is 122 Å². The van der Waals surface area contributed by atoms with Gasteiger partial charge in [0.2, 0.25) is 5.91 Å². The lowest BCUT2D eigenvalue weighted by Crippen LogP contribution is -2.31. The maximum atomic E-state index is 13.4. The maximum absolute atomic E-state index is 13.4. The minimum Gasteiger partial charge on any atom is -0.339 e. The molecule has 41 heavy (non-hydrogen) atoms. The molecule has 5 rings (SSSR count). The zero-order valence-electron chi connectivity index (χ0n) is 22.5. The standard InChI is InChI=1S/C30H27ClFN5O2S2/c1-35(17-26-11-12-27(41-26)22-5-7-24(31)8-6-22)28(38)18-37-16-23(13-21-14-33-36(2)15-21)29(39)34-30(37)40-19-20-3-9-25(32)10-4-20/h3-12,14-16H,13,17-19H2,1-2H3. The van der Waals surface area contributed by atoms with E-state index in [2.05, 4.69) is 10.1 Å². The van der Waals surface area contributed by atoms with E-state index in [1.807, 2.05) is 49.6 Å². The minimum absolute atomic E-state index is 0.0188. The number of hydrogen-bond donors (Lipinski definition) is 0. The van der Waals surface area contributed by atoms with E-state index in [9.17, 15) is 14.0 Å². The van der Waals surface area contributed by atoms with Gasteiger partial charge >= 0.3 is 0 Å². The largest absolute Gasteiger partial charge is 0.339 e. The van der Waals surface area contributed by atoms with E-state index in [-0.39, 0.29) is 23.8 Å². The summed E-state index contributed by atoms with van der Waals surface area (Å²) in [5, 5.41) is 5.29. The SMILES string of the molecule is CN(Cc1ccc(-c2ccc(Cl)cc2)s1)C(=O)Cn1cc(Cc2cnn(C)c2)c(=O)nc1SCc1ccc(F)cc1. The molecule has 0 spiro atoms. The Kier molecular flexibility index (Phi) is 9.02. The van der Waals surface area contributed by atoms with Gasteiger partial charge in [0.25, 0.3) is 5.56 Å². The van der Waals surface area contributed by atoms with Crippen molar-refractivity contribution < 1.29 is 9.18 Å². The van der Waals surface area contributed by atoms with Crippen LogP contribution in [-0.2, 0) is 37.1 Å². The number of thiophene rings is 1. The first-order valence-corrected chi connectivity index (χ1v) is 15.0. The van der Waals surface area contributed by atoms with Crippen LogP contribution in [0.25, 0.3) is 10.4 Å². The smallest absolute Gasteiger partial charge is 0.277 e. The van der Waals surface area contributed by atoms with E-state index in [0.717, 1.165) is 26.4 Å². The van der Waals surface area contributed by atoms with Crippen LogP contribution >= 0.6 is 34.7 Å². The number of rotatable bonds is 10. The van der Waals surface area contributed by atoms with Crippen molar-refractivity contribution in [3.63, 3.8) is 0 Å². The maximum Gasteiger partial charge on any atom is 0.277 e. The topological polar surface area (TPSA) is 73.0 Å². The van der Waals surface area contributed by atoms with Gasteiger partial charge in [-0.25, -0.2) is 4.39 Å². The quantitative estimate of drug-likeness (QED) is 0.143. The lowest BCUT2D eigenvalue weighted by Gasteiger charge is -2.19. The van der Waals surface area contributed by atoms with E-state index < -0.39 is 0 Å². The predicted molar refractivity (Wildman–Crippen MR) is 162 cm³/mol. The Morgan fingerprint density at radius 3 is 2.51 bits per heavy atom. The molecule has 0 N–H and O–H groups in total. The summed E-state index contributed by atoms with van der Waals surface area (Å²) in [5.74, 6) is 0.0440. The van der Waals surface area contributed by atoms with Gasteiger partial charge in [-0.1, -0.05) is 47.6 Å². The first-order chi connectivity index (χ1) is 19.7. The number of thioether (sulfide) groups is 1. The van der Waals surface area contributed by atoms with E-state index in [1.54, 1.807) is 57.1 Å². The number of nitrogens with zero attached hydrogens (tertiary/aromatic N) is 5. The molecule has 0 saturated carbocycles. The summed E-state index contributed by atoms with van der Waals surface area (Å²) in [4.78, 5) is 34.5. The molecule has 0 bridgehead atoms. The lowest BCUT2D eigenvalue weighted by molar-refractivity contribution is -0.131. The van der Waals surface area contributed by atoms with Crippen LogP contribution in [0.1, 0.15) is 21.6 Å². The van der Waals surface area contributed by atoms with Gasteiger partial charge in [-0.2, -0.15) is 10.1 Å². The van der Waals surface area contributed by atoms with Gasteiger partial charge in [0, 0.05) is 59.0 Å². The highest BCUT2D eigenvalue weighted by Crippen LogP contribution is 2.30. The highest BCUT2D eigenvalue weighted by atomic mass is 35.5. The highest BCUT2D eigenvalue weighted by molar-refractivity contribution is 7.98. The molecule has 0 radical (unpaired) electrons. The van der Waals surface area contributed by atoms with Gasteiger partial charge in [-0.3, -0.25) is 14.3 Å². The summed E-state index contributed by atoms with van der Waals surface area (Å²) >= 11 is 8.98. The summed E-state index contributed by atoms with van der Waals surface area (Å²) in [7, 11) is 3.58. The number of likely N-dealkylation sites (N-methyl/N-ethyl adjacent to an activating group) is 1. The molecule has 3 heterocycles. The van der Waals surface area contributed by atoms with Crippen LogP contribution in [-0.4, -0.2) is 37.2 Å². The van der Waals surface area contributed by atoms with E-state index >= 15 is 0 Å². The van der Waals surface area contributed by atoms with Crippen LogP contribution in [0.2, 0.25) is 5.02 Å². The fraction of sp³-hybridized carbons (Fsp3) is 0.200. The van der Waals surface area contributed by atoms with Crippen molar-refractivity contribution in [3.8, 4) is 10.4 Å². The second-order valence-electron chi connectivity index (χ2n) is 9.62. The van der Waals surface area contributed by atoms with Crippen LogP contribution in [0, 0.1) is 5.82 Å². The second-order valence-corrected chi connectivity index (χ2v) is 12.2. The van der Waals surface area contributed by atoms with Crippen molar-refractivity contribution in [2.75, 3.05) is 7.05 Å². The van der Waals surface area contributed by atoms with E-state index in [1.165, 1.54) is 23.9 Å². The van der Waals surface area contributed by atoms with Gasteiger partial charge in [-0.15, -0.1) is 11.3 Å². The average Bonchev–Trinajstić information content (AvgIpc) is 3.59. The van der Waals surface area contributed by atoms with Gasteiger partial charge < -0.3 is 9.47 Å². The molecule has 0 saturated heterocycles. The lowest BCUT2D eigenvalue weighted by atomic mass is 10.1. The Morgan fingerprint density at radius 2 is 1.80 bits per heavy atom. The molecule has 0 aliphatic heterocycles. The zero-order valence-corrected chi connectivity index (χ0v) is 24.8. The molecule has 2 aromatic carbocycles. The first kappa shape index (κ1) is 28.8. The van der Waals surface area contributed by atoms with E-state index in [4.69, 9.17) is 11.6 Å². The van der Waals surface area contributed by atoms with Crippen LogP contribution in [0.3, 0.4) is 0 Å². The third-order valence-corrected chi connectivity index (χ3v) is 8.81. The van der Waals surface area contributed by atoms with Gasteiger partial charge in [0.05, 0.1) is 12.7 Å². The number of amides is 1. The Morgan fingerprint density at radius 1 is 1.05 bits per heavy atom. The molecule has 0 aliphatic rings. The molecule has 5 aromatic rings. The van der Waals surface area contributed by atoms with Crippen molar-refractivity contribution in [1.29, 1.82) is 0 Å². The Balaban J connectivity index is 1.33. The van der Waals surface area contributed by atoms with Gasteiger partial charge in [-0.05, 0) is 53.1 Å². The number of carbonyl (C=O) groups excluding carboxylic acids is 1. The molecular weight excluding hydrogens is 581 g/mol. The van der Waals surface area contributed by atoms with E-state index in [0.29, 0.717) is 34.5 Å².